The molecule has 0 aromatic heterocycles. The first-order chi connectivity index (χ1) is 6.61. The van der Waals surface area contributed by atoms with Gasteiger partial charge in [0.1, 0.15) is 0 Å². The smallest absolute Gasteiger partial charge is 0.382 e. The van der Waals surface area contributed by atoms with Gasteiger partial charge in [0, 0.05) is 6.42 Å². The van der Waals surface area contributed by atoms with E-state index in [4.69, 9.17) is 0 Å². The van der Waals surface area contributed by atoms with Crippen molar-refractivity contribution < 1.29 is 33.4 Å². The van der Waals surface area contributed by atoms with Crippen molar-refractivity contribution in [3.63, 3.8) is 0 Å². The summed E-state index contributed by atoms with van der Waals surface area (Å²) in [6.07, 6.45) is -0.898. The van der Waals surface area contributed by atoms with Crippen LogP contribution in [0.4, 0.5) is 0 Å². The summed E-state index contributed by atoms with van der Waals surface area (Å²) in [5.74, 6) is -3.33. The summed E-state index contributed by atoms with van der Waals surface area (Å²) in [7, 11) is 0. The molecule has 0 aliphatic carbocycles. The summed E-state index contributed by atoms with van der Waals surface area (Å²) in [5.41, 5.74) is 0. The summed E-state index contributed by atoms with van der Waals surface area (Å²) >= 11 is 0. The van der Waals surface area contributed by atoms with Gasteiger partial charge in [-0.15, -0.1) is 0 Å². The van der Waals surface area contributed by atoms with Gasteiger partial charge in [-0.05, 0) is 0 Å². The van der Waals surface area contributed by atoms with Crippen molar-refractivity contribution in [2.24, 2.45) is 0 Å². The lowest BCUT2D eigenvalue weighted by Crippen LogP contribution is -2.18. The predicted molar refractivity (Wildman–Crippen MR) is 38.6 cm³/mol. The number of carbonyl (C=O) groups is 5. The molecule has 7 nitrogen and oxygen atoms in total. The SMILES string of the molecule is O=COC(=O)CCC(=O)C(=O)OC=O. The molecule has 0 amide bonds. The molecule has 0 radical (unpaired) electrons. The average molecular weight is 202 g/mol. The lowest BCUT2D eigenvalue weighted by atomic mass is 10.2. The Kier molecular flexibility index (Phi) is 5.52. The molecule has 0 saturated carbocycles. The monoisotopic (exact) mass is 202 g/mol. The Labute approximate surface area is 78.0 Å². The summed E-state index contributed by atoms with van der Waals surface area (Å²) in [5, 5.41) is 0. The lowest BCUT2D eigenvalue weighted by Gasteiger charge is -1.95. The normalized spacial score (nSPS) is 8.57. The third kappa shape index (κ3) is 4.75. The highest BCUT2D eigenvalue weighted by molar-refractivity contribution is 6.34. The summed E-state index contributed by atoms with van der Waals surface area (Å²) < 4.78 is 7.54. The van der Waals surface area contributed by atoms with Crippen LogP contribution in [0, 0.1) is 0 Å². The van der Waals surface area contributed by atoms with Crippen molar-refractivity contribution in [3.05, 3.63) is 0 Å². The zero-order valence-electron chi connectivity index (χ0n) is 6.93. The van der Waals surface area contributed by atoms with Gasteiger partial charge >= 0.3 is 24.9 Å². The average Bonchev–Trinajstić information content (AvgIpc) is 2.15. The molecule has 0 saturated heterocycles. The number of Topliss-reactive ketones (excluding diaryl/α,β-unsaturated/α-hetero) is 1. The van der Waals surface area contributed by atoms with Crippen LogP contribution in [0.5, 0.6) is 0 Å². The fourth-order valence-corrected chi connectivity index (χ4v) is 0.540. The summed E-state index contributed by atoms with van der Waals surface area (Å²) in [4.78, 5) is 51.0. The second-order valence-corrected chi connectivity index (χ2v) is 2.01. The van der Waals surface area contributed by atoms with E-state index in [-0.39, 0.29) is 12.9 Å². The second kappa shape index (κ2) is 6.46. The number of ketones is 1. The molecule has 14 heavy (non-hydrogen) atoms. The van der Waals surface area contributed by atoms with Gasteiger partial charge in [0.2, 0.25) is 5.78 Å². The molecule has 0 unspecified atom stereocenters. The molecule has 0 aliphatic rings. The molecule has 0 N–H and O–H groups in total. The van der Waals surface area contributed by atoms with Crippen molar-refractivity contribution in [2.75, 3.05) is 0 Å². The Morgan fingerprint density at radius 2 is 1.50 bits per heavy atom. The maximum Gasteiger partial charge on any atom is 0.382 e. The summed E-state index contributed by atoms with van der Waals surface area (Å²) in [6, 6.07) is 0. The highest BCUT2D eigenvalue weighted by atomic mass is 16.6. The van der Waals surface area contributed by atoms with Gasteiger partial charge in [-0.3, -0.25) is 19.2 Å². The fraction of sp³-hybridized carbons (Fsp3) is 0.286. The Hall–Kier alpha value is -2.05. The minimum Gasteiger partial charge on any atom is -0.395 e. The lowest BCUT2D eigenvalue weighted by molar-refractivity contribution is -0.158. The van der Waals surface area contributed by atoms with Crippen LogP contribution in [-0.4, -0.2) is 30.7 Å². The molecule has 0 rings (SSSR count). The quantitative estimate of drug-likeness (QED) is 0.229. The molecule has 0 heterocycles. The Bertz CT molecular complexity index is 267. The minimum atomic E-state index is -1.35. The molecule has 0 aliphatic heterocycles. The van der Waals surface area contributed by atoms with E-state index in [2.05, 4.69) is 9.47 Å². The van der Waals surface area contributed by atoms with E-state index in [0.29, 0.717) is 0 Å². The Morgan fingerprint density at radius 1 is 0.929 bits per heavy atom. The number of rotatable bonds is 6. The van der Waals surface area contributed by atoms with Crippen LogP contribution in [0.15, 0.2) is 0 Å². The molecule has 0 atom stereocenters. The first kappa shape index (κ1) is 11.9. The Morgan fingerprint density at radius 3 is 2.00 bits per heavy atom. The molecular weight excluding hydrogens is 196 g/mol. The highest BCUT2D eigenvalue weighted by Crippen LogP contribution is 1.94. The van der Waals surface area contributed by atoms with E-state index >= 15 is 0 Å². The van der Waals surface area contributed by atoms with Crippen molar-refractivity contribution in [1.29, 1.82) is 0 Å². The minimum absolute atomic E-state index is 0.0868. The van der Waals surface area contributed by atoms with Crippen molar-refractivity contribution >= 4 is 30.7 Å². The van der Waals surface area contributed by atoms with Gasteiger partial charge in [0.05, 0.1) is 6.42 Å². The second-order valence-electron chi connectivity index (χ2n) is 2.01. The summed E-state index contributed by atoms with van der Waals surface area (Å²) in [6.45, 7) is -0.277. The first-order valence-corrected chi connectivity index (χ1v) is 3.42. The van der Waals surface area contributed by atoms with Gasteiger partial charge in [-0.1, -0.05) is 0 Å². The van der Waals surface area contributed by atoms with E-state index in [1.807, 2.05) is 0 Å². The predicted octanol–water partition coefficient (Wildman–Crippen LogP) is -1.27. The number of ether oxygens (including phenoxy) is 2. The Balaban J connectivity index is 3.84. The highest BCUT2D eigenvalue weighted by Gasteiger charge is 2.16. The molecule has 0 bridgehead atoms. The zero-order valence-corrected chi connectivity index (χ0v) is 6.93. The number of esters is 2. The number of hydrogen-bond acceptors (Lipinski definition) is 7. The third-order valence-electron chi connectivity index (χ3n) is 1.12. The van der Waals surface area contributed by atoms with Crippen molar-refractivity contribution in [2.45, 2.75) is 12.8 Å². The molecule has 0 spiro atoms. The van der Waals surface area contributed by atoms with E-state index < -0.39 is 30.6 Å². The van der Waals surface area contributed by atoms with Crippen LogP contribution in [0.1, 0.15) is 12.8 Å². The van der Waals surface area contributed by atoms with E-state index in [0.717, 1.165) is 0 Å². The van der Waals surface area contributed by atoms with Crippen LogP contribution < -0.4 is 0 Å². The van der Waals surface area contributed by atoms with Crippen LogP contribution in [0.2, 0.25) is 0 Å². The number of hydrogen-bond donors (Lipinski definition) is 0. The van der Waals surface area contributed by atoms with Gasteiger partial charge < -0.3 is 9.47 Å². The molecule has 7 heteroatoms. The topological polar surface area (TPSA) is 104 Å². The van der Waals surface area contributed by atoms with E-state index in [9.17, 15) is 24.0 Å². The van der Waals surface area contributed by atoms with Crippen LogP contribution in [0.25, 0.3) is 0 Å². The van der Waals surface area contributed by atoms with Crippen LogP contribution in [0.3, 0.4) is 0 Å². The fourth-order valence-electron chi connectivity index (χ4n) is 0.540. The molecule has 0 aromatic rings. The van der Waals surface area contributed by atoms with Crippen LogP contribution >= 0.6 is 0 Å². The largest absolute Gasteiger partial charge is 0.395 e. The molecule has 76 valence electrons. The van der Waals surface area contributed by atoms with Gasteiger partial charge in [-0.2, -0.15) is 0 Å². The van der Waals surface area contributed by atoms with Gasteiger partial charge in [0.15, 0.2) is 0 Å². The van der Waals surface area contributed by atoms with E-state index in [1.54, 1.807) is 0 Å². The maximum absolute atomic E-state index is 10.7. The van der Waals surface area contributed by atoms with Gasteiger partial charge in [0.25, 0.3) is 0 Å². The molecule has 0 fully saturated rings. The first-order valence-electron chi connectivity index (χ1n) is 3.42. The van der Waals surface area contributed by atoms with Gasteiger partial charge in [-0.25, -0.2) is 4.79 Å². The maximum atomic E-state index is 10.7. The molecule has 0 aromatic carbocycles. The van der Waals surface area contributed by atoms with E-state index in [1.165, 1.54) is 0 Å². The molecular formula is C7H6O7. The van der Waals surface area contributed by atoms with Crippen molar-refractivity contribution in [1.82, 2.24) is 0 Å². The van der Waals surface area contributed by atoms with Crippen LogP contribution in [-0.2, 0) is 33.4 Å². The van der Waals surface area contributed by atoms with Crippen molar-refractivity contribution in [3.8, 4) is 0 Å². The standard InChI is InChI=1S/C7H6O7/c8-3-13-6(11)2-1-5(10)7(12)14-4-9/h3-4H,1-2H2. The zero-order chi connectivity index (χ0) is 11.0. The number of carbonyl (C=O) groups excluding carboxylic acids is 5. The third-order valence-corrected chi connectivity index (χ3v) is 1.12.